The SMILES string of the molecule is NCCOCCOCCNC(=O)[C@H](Cc1ccccc1)NC(=O)C1(NC(=O)c2cc3ccccc3s2)CCc2ccccc2C1. The van der Waals surface area contributed by atoms with Crippen molar-refractivity contribution in [3.8, 4) is 0 Å². The van der Waals surface area contributed by atoms with E-state index in [1.165, 1.54) is 11.3 Å². The van der Waals surface area contributed by atoms with Gasteiger partial charge < -0.3 is 31.2 Å². The molecule has 0 aliphatic heterocycles. The Labute approximate surface area is 267 Å². The van der Waals surface area contributed by atoms with E-state index in [0.29, 0.717) is 63.5 Å². The largest absolute Gasteiger partial charge is 0.378 e. The molecular formula is C35H40N4O5S. The topological polar surface area (TPSA) is 132 Å². The van der Waals surface area contributed by atoms with E-state index in [-0.39, 0.29) is 24.3 Å². The van der Waals surface area contributed by atoms with Crippen LogP contribution in [0.5, 0.6) is 0 Å². The molecule has 0 radical (unpaired) electrons. The fraction of sp³-hybridized carbons (Fsp3) is 0.343. The molecule has 0 saturated carbocycles. The number of thiophene rings is 1. The maximum Gasteiger partial charge on any atom is 0.262 e. The Bertz CT molecular complexity index is 1560. The lowest BCUT2D eigenvalue weighted by molar-refractivity contribution is -0.133. The summed E-state index contributed by atoms with van der Waals surface area (Å²) < 4.78 is 11.9. The van der Waals surface area contributed by atoms with Crippen molar-refractivity contribution < 1.29 is 23.9 Å². The highest BCUT2D eigenvalue weighted by atomic mass is 32.1. The number of rotatable bonds is 15. The number of ether oxygens (including phenoxy) is 2. The van der Waals surface area contributed by atoms with Gasteiger partial charge in [0.1, 0.15) is 11.6 Å². The molecule has 0 fully saturated rings. The van der Waals surface area contributed by atoms with Gasteiger partial charge in [0.25, 0.3) is 5.91 Å². The molecule has 5 rings (SSSR count). The number of nitrogens with one attached hydrogen (secondary N) is 3. The summed E-state index contributed by atoms with van der Waals surface area (Å²) in [6.07, 6.45) is 1.65. The van der Waals surface area contributed by atoms with Crippen LogP contribution in [0.4, 0.5) is 0 Å². The second kappa shape index (κ2) is 15.8. The Morgan fingerprint density at radius 1 is 0.867 bits per heavy atom. The monoisotopic (exact) mass is 628 g/mol. The van der Waals surface area contributed by atoms with Crippen molar-refractivity contribution in [2.45, 2.75) is 37.3 Å². The first kappa shape index (κ1) is 32.3. The predicted octanol–water partition coefficient (Wildman–Crippen LogP) is 3.39. The summed E-state index contributed by atoms with van der Waals surface area (Å²) in [7, 11) is 0. The van der Waals surface area contributed by atoms with Gasteiger partial charge in [0.2, 0.25) is 11.8 Å². The van der Waals surface area contributed by atoms with Crippen molar-refractivity contribution in [3.63, 3.8) is 0 Å². The third-order valence-corrected chi connectivity index (χ3v) is 9.07. The maximum absolute atomic E-state index is 14.3. The number of hydrogen-bond donors (Lipinski definition) is 4. The summed E-state index contributed by atoms with van der Waals surface area (Å²) in [6, 6.07) is 26.4. The van der Waals surface area contributed by atoms with E-state index in [9.17, 15) is 14.4 Å². The van der Waals surface area contributed by atoms with Gasteiger partial charge in [-0.2, -0.15) is 0 Å². The summed E-state index contributed by atoms with van der Waals surface area (Å²) >= 11 is 1.40. The molecule has 1 aromatic heterocycles. The van der Waals surface area contributed by atoms with Crippen LogP contribution in [0, 0.1) is 0 Å². The summed E-state index contributed by atoms with van der Waals surface area (Å²) in [6.45, 7) is 2.32. The maximum atomic E-state index is 14.3. The smallest absolute Gasteiger partial charge is 0.262 e. The number of fused-ring (bicyclic) bond motifs is 2. The molecule has 2 atom stereocenters. The first-order valence-electron chi connectivity index (χ1n) is 15.3. The lowest BCUT2D eigenvalue weighted by Crippen LogP contribution is -2.64. The molecule has 236 valence electrons. The number of nitrogens with two attached hydrogens (primary N) is 1. The molecule has 4 aromatic rings. The second-order valence-corrected chi connectivity index (χ2v) is 12.2. The average Bonchev–Trinajstić information content (AvgIpc) is 3.51. The van der Waals surface area contributed by atoms with Gasteiger partial charge in [-0.25, -0.2) is 0 Å². The minimum absolute atomic E-state index is 0.276. The zero-order valence-corrected chi connectivity index (χ0v) is 26.1. The third kappa shape index (κ3) is 8.55. The Morgan fingerprint density at radius 3 is 2.36 bits per heavy atom. The molecule has 0 bridgehead atoms. The summed E-state index contributed by atoms with van der Waals surface area (Å²) in [4.78, 5) is 42.1. The van der Waals surface area contributed by atoms with Gasteiger partial charge in [-0.05, 0) is 47.1 Å². The fourth-order valence-corrected chi connectivity index (χ4v) is 6.55. The lowest BCUT2D eigenvalue weighted by atomic mass is 9.77. The molecule has 1 unspecified atom stereocenters. The van der Waals surface area contributed by atoms with Gasteiger partial charge in [-0.15, -0.1) is 11.3 Å². The predicted molar refractivity (Wildman–Crippen MR) is 176 cm³/mol. The molecule has 5 N–H and O–H groups in total. The third-order valence-electron chi connectivity index (χ3n) is 7.95. The van der Waals surface area contributed by atoms with E-state index in [1.54, 1.807) is 0 Å². The van der Waals surface area contributed by atoms with Crippen molar-refractivity contribution in [1.29, 1.82) is 0 Å². The number of carbonyl (C=O) groups is 3. The normalized spacial score (nSPS) is 16.5. The molecule has 3 aromatic carbocycles. The molecule has 1 aliphatic carbocycles. The van der Waals surface area contributed by atoms with E-state index in [2.05, 4.69) is 22.0 Å². The molecule has 9 nitrogen and oxygen atoms in total. The summed E-state index contributed by atoms with van der Waals surface area (Å²) in [5.74, 6) is -1.00. The Kier molecular flexibility index (Phi) is 11.3. The highest BCUT2D eigenvalue weighted by Crippen LogP contribution is 2.31. The minimum atomic E-state index is -1.23. The number of amides is 3. The quantitative estimate of drug-likeness (QED) is 0.149. The zero-order chi connectivity index (χ0) is 31.5. The van der Waals surface area contributed by atoms with Crippen LogP contribution >= 0.6 is 11.3 Å². The van der Waals surface area contributed by atoms with Gasteiger partial charge >= 0.3 is 0 Å². The summed E-state index contributed by atoms with van der Waals surface area (Å²) in [5, 5.41) is 10.0. The first-order chi connectivity index (χ1) is 22.0. The molecule has 45 heavy (non-hydrogen) atoms. The van der Waals surface area contributed by atoms with Crippen LogP contribution in [0.3, 0.4) is 0 Å². The van der Waals surface area contributed by atoms with Crippen molar-refractivity contribution >= 4 is 39.1 Å². The number of carbonyl (C=O) groups excluding carboxylic acids is 3. The van der Waals surface area contributed by atoms with Crippen LogP contribution in [-0.4, -0.2) is 68.8 Å². The van der Waals surface area contributed by atoms with E-state index < -0.39 is 11.6 Å². The first-order valence-corrected chi connectivity index (χ1v) is 16.1. The minimum Gasteiger partial charge on any atom is -0.378 e. The van der Waals surface area contributed by atoms with Crippen molar-refractivity contribution in [2.75, 3.05) is 39.5 Å². The zero-order valence-electron chi connectivity index (χ0n) is 25.3. The molecule has 1 heterocycles. The van der Waals surface area contributed by atoms with E-state index >= 15 is 0 Å². The molecule has 10 heteroatoms. The average molecular weight is 629 g/mol. The van der Waals surface area contributed by atoms with Crippen LogP contribution in [0.1, 0.15) is 32.8 Å². The van der Waals surface area contributed by atoms with E-state index in [4.69, 9.17) is 15.2 Å². The van der Waals surface area contributed by atoms with Crippen LogP contribution in [0.15, 0.2) is 84.9 Å². The second-order valence-electron chi connectivity index (χ2n) is 11.2. The Morgan fingerprint density at radius 2 is 1.58 bits per heavy atom. The van der Waals surface area contributed by atoms with Gasteiger partial charge in [0.15, 0.2) is 0 Å². The van der Waals surface area contributed by atoms with Crippen LogP contribution in [0.25, 0.3) is 10.1 Å². The standard InChI is InChI=1S/C35H40N4O5S/c36-16-18-43-20-21-44-19-17-37-32(40)29(22-25-8-2-1-3-9-25)38-34(42)35(15-14-26-10-4-5-12-28(26)24-35)39-33(41)31-23-27-11-6-7-13-30(27)45-31/h1-13,23,29H,14-22,24,36H2,(H,37,40)(H,38,42)(H,39,41)/t29-,35?/m0/s1. The number of hydrogen-bond acceptors (Lipinski definition) is 7. The number of benzene rings is 3. The molecule has 1 aliphatic rings. The van der Waals surface area contributed by atoms with Crippen molar-refractivity contribution in [1.82, 2.24) is 16.0 Å². The highest BCUT2D eigenvalue weighted by molar-refractivity contribution is 7.20. The number of aryl methyl sites for hydroxylation is 1. The van der Waals surface area contributed by atoms with E-state index in [0.717, 1.165) is 26.8 Å². The van der Waals surface area contributed by atoms with Crippen LogP contribution < -0.4 is 21.7 Å². The molecule has 0 saturated heterocycles. The molecule has 3 amide bonds. The lowest BCUT2D eigenvalue weighted by Gasteiger charge is -2.38. The van der Waals surface area contributed by atoms with Crippen LogP contribution in [0.2, 0.25) is 0 Å². The molecular weight excluding hydrogens is 588 g/mol. The van der Waals surface area contributed by atoms with Crippen molar-refractivity contribution in [3.05, 3.63) is 106 Å². The Hall–Kier alpha value is -4.09. The van der Waals surface area contributed by atoms with Crippen molar-refractivity contribution in [2.24, 2.45) is 5.73 Å². The molecule has 0 spiro atoms. The fourth-order valence-electron chi connectivity index (χ4n) is 5.60. The van der Waals surface area contributed by atoms with Gasteiger partial charge in [0.05, 0.1) is 31.3 Å². The van der Waals surface area contributed by atoms with E-state index in [1.807, 2.05) is 78.9 Å². The summed E-state index contributed by atoms with van der Waals surface area (Å²) in [5.41, 5.74) is 7.26. The van der Waals surface area contributed by atoms with Gasteiger partial charge in [-0.1, -0.05) is 72.8 Å². The Balaban J connectivity index is 1.33. The van der Waals surface area contributed by atoms with Gasteiger partial charge in [0, 0.05) is 30.6 Å². The van der Waals surface area contributed by atoms with Gasteiger partial charge in [-0.3, -0.25) is 14.4 Å². The highest BCUT2D eigenvalue weighted by Gasteiger charge is 2.44. The van der Waals surface area contributed by atoms with Crippen LogP contribution in [-0.2, 0) is 38.3 Å².